The first kappa shape index (κ1) is 15.9. The van der Waals surface area contributed by atoms with Gasteiger partial charge in [-0.15, -0.1) is 0 Å². The van der Waals surface area contributed by atoms with E-state index in [-0.39, 0.29) is 5.56 Å². The lowest BCUT2D eigenvalue weighted by Gasteiger charge is -2.31. The Morgan fingerprint density at radius 3 is 2.68 bits per heavy atom. The summed E-state index contributed by atoms with van der Waals surface area (Å²) in [6.07, 6.45) is 9.20. The van der Waals surface area contributed by atoms with Crippen molar-refractivity contribution in [1.29, 1.82) is 0 Å². The third kappa shape index (κ3) is 3.34. The number of aromatic nitrogens is 2. The zero-order valence-electron chi connectivity index (χ0n) is 13.6. The molecule has 1 fully saturated rings. The maximum Gasteiger partial charge on any atom is 0.259 e. The van der Waals surface area contributed by atoms with Crippen molar-refractivity contribution in [3.05, 3.63) is 15.9 Å². The summed E-state index contributed by atoms with van der Waals surface area (Å²) >= 11 is 1.74. The number of rotatable bonds is 5. The number of fused-ring (bicyclic) bond motifs is 1. The smallest absolute Gasteiger partial charge is 0.259 e. The SMILES string of the molecule is CCCCCc1c(N2CCCCC2)nc2n(c1=O)CCCS2. The average molecular weight is 321 g/mol. The minimum Gasteiger partial charge on any atom is -0.356 e. The molecule has 4 nitrogen and oxygen atoms in total. The van der Waals surface area contributed by atoms with Gasteiger partial charge in [-0.3, -0.25) is 9.36 Å². The van der Waals surface area contributed by atoms with Crippen LogP contribution < -0.4 is 10.5 Å². The first-order chi connectivity index (χ1) is 10.8. The molecule has 3 rings (SSSR count). The van der Waals surface area contributed by atoms with Gasteiger partial charge in [-0.25, -0.2) is 4.98 Å². The summed E-state index contributed by atoms with van der Waals surface area (Å²) in [6.45, 7) is 5.16. The van der Waals surface area contributed by atoms with Gasteiger partial charge in [0.05, 0.1) is 5.56 Å². The van der Waals surface area contributed by atoms with Gasteiger partial charge in [0.15, 0.2) is 5.16 Å². The molecule has 1 saturated heterocycles. The second kappa shape index (κ2) is 7.53. The van der Waals surface area contributed by atoms with E-state index in [1.54, 1.807) is 11.8 Å². The maximum absolute atomic E-state index is 13.0. The Labute approximate surface area is 137 Å². The summed E-state index contributed by atoms with van der Waals surface area (Å²) < 4.78 is 1.92. The minimum atomic E-state index is 0.230. The fourth-order valence-electron chi connectivity index (χ4n) is 3.40. The zero-order chi connectivity index (χ0) is 15.4. The van der Waals surface area contributed by atoms with Crippen LogP contribution in [0, 0.1) is 0 Å². The minimum absolute atomic E-state index is 0.230. The van der Waals surface area contributed by atoms with E-state index in [4.69, 9.17) is 4.98 Å². The molecular weight excluding hydrogens is 294 g/mol. The second-order valence-corrected chi connectivity index (χ2v) is 7.42. The normalized spacial score (nSPS) is 18.3. The van der Waals surface area contributed by atoms with Gasteiger partial charge >= 0.3 is 0 Å². The average Bonchev–Trinajstić information content (AvgIpc) is 2.57. The molecule has 0 radical (unpaired) electrons. The third-order valence-electron chi connectivity index (χ3n) is 4.65. The van der Waals surface area contributed by atoms with Gasteiger partial charge in [-0.2, -0.15) is 0 Å². The lowest BCUT2D eigenvalue weighted by molar-refractivity contribution is 0.532. The molecule has 3 heterocycles. The number of anilines is 1. The molecule has 0 N–H and O–H groups in total. The monoisotopic (exact) mass is 321 g/mol. The second-order valence-electron chi connectivity index (χ2n) is 6.36. The first-order valence-corrected chi connectivity index (χ1v) is 9.81. The van der Waals surface area contributed by atoms with Crippen molar-refractivity contribution >= 4 is 17.6 Å². The highest BCUT2D eigenvalue weighted by atomic mass is 32.2. The zero-order valence-corrected chi connectivity index (χ0v) is 14.5. The molecule has 0 spiro atoms. The van der Waals surface area contributed by atoms with Gasteiger partial charge < -0.3 is 4.90 Å². The number of nitrogens with zero attached hydrogens (tertiary/aromatic N) is 3. The van der Waals surface area contributed by atoms with Crippen LogP contribution in [0.4, 0.5) is 5.82 Å². The van der Waals surface area contributed by atoms with Crippen LogP contribution in [0.15, 0.2) is 9.95 Å². The van der Waals surface area contributed by atoms with Crippen LogP contribution in [0.5, 0.6) is 0 Å². The Morgan fingerprint density at radius 1 is 1.09 bits per heavy atom. The number of piperidine rings is 1. The van der Waals surface area contributed by atoms with Crippen LogP contribution in [-0.2, 0) is 13.0 Å². The molecule has 2 aliphatic heterocycles. The molecule has 1 aromatic rings. The van der Waals surface area contributed by atoms with E-state index in [0.29, 0.717) is 0 Å². The topological polar surface area (TPSA) is 38.1 Å². The largest absolute Gasteiger partial charge is 0.356 e. The van der Waals surface area contributed by atoms with Crippen molar-refractivity contribution < 1.29 is 0 Å². The quantitative estimate of drug-likeness (QED) is 0.615. The van der Waals surface area contributed by atoms with Crippen LogP contribution in [0.3, 0.4) is 0 Å². The van der Waals surface area contributed by atoms with Gasteiger partial charge in [0.25, 0.3) is 5.56 Å². The predicted octanol–water partition coefficient (Wildman–Crippen LogP) is 3.46. The number of hydrogen-bond acceptors (Lipinski definition) is 4. The molecule has 2 aliphatic rings. The summed E-state index contributed by atoms with van der Waals surface area (Å²) in [6, 6.07) is 0. The Kier molecular flexibility index (Phi) is 5.45. The number of unbranched alkanes of at least 4 members (excludes halogenated alkanes) is 2. The van der Waals surface area contributed by atoms with Crippen molar-refractivity contribution in [2.75, 3.05) is 23.7 Å². The van der Waals surface area contributed by atoms with Gasteiger partial charge in [0.1, 0.15) is 5.82 Å². The molecule has 1 aromatic heterocycles. The molecule has 0 bridgehead atoms. The highest BCUT2D eigenvalue weighted by Crippen LogP contribution is 2.27. The Balaban J connectivity index is 1.96. The molecule has 0 saturated carbocycles. The molecule has 0 amide bonds. The summed E-state index contributed by atoms with van der Waals surface area (Å²) in [5, 5.41) is 0.941. The Morgan fingerprint density at radius 2 is 1.91 bits per heavy atom. The maximum atomic E-state index is 13.0. The van der Waals surface area contributed by atoms with Gasteiger partial charge in [-0.05, 0) is 38.5 Å². The molecule has 0 aromatic carbocycles. The Bertz CT molecular complexity index is 564. The lowest BCUT2D eigenvalue weighted by atomic mass is 10.1. The molecular formula is C17H27N3OS. The van der Waals surface area contributed by atoms with Gasteiger partial charge in [0.2, 0.25) is 0 Å². The van der Waals surface area contributed by atoms with E-state index in [1.807, 2.05) is 4.57 Å². The van der Waals surface area contributed by atoms with Crippen LogP contribution in [0.1, 0.15) is 57.4 Å². The number of hydrogen-bond donors (Lipinski definition) is 0. The number of thioether (sulfide) groups is 1. The predicted molar refractivity (Wildman–Crippen MR) is 93.1 cm³/mol. The van der Waals surface area contributed by atoms with Crippen LogP contribution in [0.25, 0.3) is 0 Å². The van der Waals surface area contributed by atoms with Gasteiger partial charge in [-0.1, -0.05) is 31.5 Å². The van der Waals surface area contributed by atoms with Crippen molar-refractivity contribution in [2.45, 2.75) is 70.0 Å². The van der Waals surface area contributed by atoms with Crippen LogP contribution >= 0.6 is 11.8 Å². The lowest BCUT2D eigenvalue weighted by Crippen LogP contribution is -2.36. The van der Waals surface area contributed by atoms with Crippen molar-refractivity contribution in [3.63, 3.8) is 0 Å². The van der Waals surface area contributed by atoms with E-state index in [1.165, 1.54) is 32.1 Å². The standard InChI is InChI=1S/C17H27N3OS/c1-2-3-5-9-14-15(19-10-6-4-7-11-19)18-17-20(16(14)21)12-8-13-22-17/h2-13H2,1H3. The van der Waals surface area contributed by atoms with E-state index >= 15 is 0 Å². The van der Waals surface area contributed by atoms with E-state index in [2.05, 4.69) is 11.8 Å². The molecule has 5 heteroatoms. The van der Waals surface area contributed by atoms with Crippen molar-refractivity contribution in [2.24, 2.45) is 0 Å². The molecule has 0 unspecified atom stereocenters. The van der Waals surface area contributed by atoms with E-state index in [9.17, 15) is 4.79 Å². The summed E-state index contributed by atoms with van der Waals surface area (Å²) in [4.78, 5) is 20.2. The molecule has 22 heavy (non-hydrogen) atoms. The fourth-order valence-corrected chi connectivity index (χ4v) is 4.33. The molecule has 0 atom stereocenters. The first-order valence-electron chi connectivity index (χ1n) is 8.82. The van der Waals surface area contributed by atoms with E-state index < -0.39 is 0 Å². The summed E-state index contributed by atoms with van der Waals surface area (Å²) in [7, 11) is 0. The van der Waals surface area contributed by atoms with Crippen molar-refractivity contribution in [1.82, 2.24) is 9.55 Å². The summed E-state index contributed by atoms with van der Waals surface area (Å²) in [5.74, 6) is 2.09. The van der Waals surface area contributed by atoms with E-state index in [0.717, 1.165) is 61.2 Å². The molecule has 0 aliphatic carbocycles. The Hall–Kier alpha value is -0.970. The highest BCUT2D eigenvalue weighted by molar-refractivity contribution is 7.99. The van der Waals surface area contributed by atoms with Crippen LogP contribution in [-0.4, -0.2) is 28.4 Å². The summed E-state index contributed by atoms with van der Waals surface area (Å²) in [5.41, 5.74) is 1.20. The fraction of sp³-hybridized carbons (Fsp3) is 0.765. The van der Waals surface area contributed by atoms with Crippen LogP contribution in [0.2, 0.25) is 0 Å². The molecule has 122 valence electrons. The van der Waals surface area contributed by atoms with Gasteiger partial charge in [0, 0.05) is 25.4 Å². The van der Waals surface area contributed by atoms with Crippen molar-refractivity contribution in [3.8, 4) is 0 Å². The highest BCUT2D eigenvalue weighted by Gasteiger charge is 2.23. The third-order valence-corrected chi connectivity index (χ3v) is 5.71.